The van der Waals surface area contributed by atoms with Crippen LogP contribution < -0.4 is 10.1 Å². The molecule has 0 bridgehead atoms. The van der Waals surface area contributed by atoms with Crippen LogP contribution in [0.15, 0.2) is 36.7 Å². The maximum atomic E-state index is 6.27. The number of ether oxygens (including phenoxy) is 1. The highest BCUT2D eigenvalue weighted by Crippen LogP contribution is 2.28. The van der Waals surface area contributed by atoms with Crippen LogP contribution in [-0.2, 0) is 6.54 Å². The molecule has 0 saturated heterocycles. The summed E-state index contributed by atoms with van der Waals surface area (Å²) in [5.41, 5.74) is 1.08. The van der Waals surface area contributed by atoms with Gasteiger partial charge in [0.15, 0.2) is 0 Å². The van der Waals surface area contributed by atoms with E-state index in [2.05, 4.69) is 10.3 Å². The van der Waals surface area contributed by atoms with E-state index in [-0.39, 0.29) is 0 Å². The highest BCUT2D eigenvalue weighted by Gasteiger charge is 2.20. The van der Waals surface area contributed by atoms with Crippen LogP contribution in [0, 0.1) is 0 Å². The van der Waals surface area contributed by atoms with E-state index in [0.717, 1.165) is 12.1 Å². The fraction of sp³-hybridized carbons (Fsp3) is 0.267. The van der Waals surface area contributed by atoms with Crippen molar-refractivity contribution in [2.75, 3.05) is 0 Å². The van der Waals surface area contributed by atoms with Crippen LogP contribution in [0.5, 0.6) is 11.5 Å². The standard InChI is InChI=1S/C15H14Cl2N2O/c16-11-5-14(9-18-8-11)20-13-4-1-10(15(17)6-13)7-19-12-2-3-12/h1,4-6,8-9,12,19H,2-3,7H2. The molecule has 2 aromatic rings. The fourth-order valence-electron chi connectivity index (χ4n) is 1.86. The van der Waals surface area contributed by atoms with E-state index in [0.29, 0.717) is 27.6 Å². The lowest BCUT2D eigenvalue weighted by atomic mass is 10.2. The number of hydrogen-bond donors (Lipinski definition) is 1. The van der Waals surface area contributed by atoms with Crippen LogP contribution in [0.4, 0.5) is 0 Å². The Balaban J connectivity index is 1.69. The number of hydrogen-bond acceptors (Lipinski definition) is 3. The lowest BCUT2D eigenvalue weighted by Gasteiger charge is -2.09. The van der Waals surface area contributed by atoms with Gasteiger partial charge in [0.2, 0.25) is 0 Å². The molecule has 104 valence electrons. The molecular weight excluding hydrogens is 295 g/mol. The smallest absolute Gasteiger partial charge is 0.147 e. The summed E-state index contributed by atoms with van der Waals surface area (Å²) in [6, 6.07) is 8.07. The highest BCUT2D eigenvalue weighted by molar-refractivity contribution is 6.31. The summed E-state index contributed by atoms with van der Waals surface area (Å²) in [5, 5.41) is 4.68. The summed E-state index contributed by atoms with van der Waals surface area (Å²) in [6.07, 6.45) is 5.71. The summed E-state index contributed by atoms with van der Waals surface area (Å²) in [6.45, 7) is 0.794. The molecule has 0 atom stereocenters. The fourth-order valence-corrected chi connectivity index (χ4v) is 2.26. The van der Waals surface area contributed by atoms with Crippen LogP contribution in [-0.4, -0.2) is 11.0 Å². The molecule has 1 N–H and O–H groups in total. The maximum Gasteiger partial charge on any atom is 0.147 e. The molecule has 0 amide bonds. The van der Waals surface area contributed by atoms with Crippen molar-refractivity contribution < 1.29 is 4.74 Å². The highest BCUT2D eigenvalue weighted by atomic mass is 35.5. The Kier molecular flexibility index (Phi) is 4.10. The normalized spacial score (nSPS) is 14.3. The van der Waals surface area contributed by atoms with Crippen LogP contribution in [0.2, 0.25) is 10.0 Å². The largest absolute Gasteiger partial charge is 0.456 e. The molecule has 3 nitrogen and oxygen atoms in total. The third kappa shape index (κ3) is 3.63. The van der Waals surface area contributed by atoms with Gasteiger partial charge in [0, 0.05) is 29.9 Å². The lowest BCUT2D eigenvalue weighted by molar-refractivity contribution is 0.480. The number of benzene rings is 1. The van der Waals surface area contributed by atoms with Crippen molar-refractivity contribution in [2.45, 2.75) is 25.4 Å². The monoisotopic (exact) mass is 308 g/mol. The van der Waals surface area contributed by atoms with Gasteiger partial charge in [0.25, 0.3) is 0 Å². The number of aromatic nitrogens is 1. The van der Waals surface area contributed by atoms with Crippen molar-refractivity contribution in [2.24, 2.45) is 0 Å². The molecule has 0 radical (unpaired) electrons. The predicted molar refractivity (Wildman–Crippen MR) is 80.6 cm³/mol. The van der Waals surface area contributed by atoms with Gasteiger partial charge in [0.05, 0.1) is 11.2 Å². The van der Waals surface area contributed by atoms with Gasteiger partial charge in [-0.1, -0.05) is 29.3 Å². The average molecular weight is 309 g/mol. The van der Waals surface area contributed by atoms with Crippen LogP contribution >= 0.6 is 23.2 Å². The SMILES string of the molecule is Clc1cncc(Oc2ccc(CNC3CC3)c(Cl)c2)c1. The second-order valence-electron chi connectivity index (χ2n) is 4.85. The maximum absolute atomic E-state index is 6.27. The van der Waals surface area contributed by atoms with Crippen molar-refractivity contribution in [1.82, 2.24) is 10.3 Å². The number of rotatable bonds is 5. The topological polar surface area (TPSA) is 34.1 Å². The number of nitrogens with zero attached hydrogens (tertiary/aromatic N) is 1. The zero-order chi connectivity index (χ0) is 13.9. The molecule has 1 aliphatic rings. The molecule has 5 heteroatoms. The van der Waals surface area contributed by atoms with Crippen molar-refractivity contribution >= 4 is 23.2 Å². The second kappa shape index (κ2) is 6.00. The summed E-state index contributed by atoms with van der Waals surface area (Å²) < 4.78 is 5.68. The van der Waals surface area contributed by atoms with Crippen molar-refractivity contribution in [3.8, 4) is 11.5 Å². The first kappa shape index (κ1) is 13.7. The minimum atomic E-state index is 0.541. The Morgan fingerprint density at radius 2 is 2.00 bits per heavy atom. The minimum absolute atomic E-state index is 0.541. The molecule has 1 saturated carbocycles. The summed E-state index contributed by atoms with van der Waals surface area (Å²) in [5.74, 6) is 1.27. The third-order valence-corrected chi connectivity index (χ3v) is 3.66. The third-order valence-electron chi connectivity index (χ3n) is 3.10. The Bertz CT molecular complexity index is 615. The first-order valence-corrected chi connectivity index (χ1v) is 7.26. The molecule has 1 aliphatic carbocycles. The first-order chi connectivity index (χ1) is 9.70. The van der Waals surface area contributed by atoms with Gasteiger partial charge in [-0.15, -0.1) is 0 Å². The molecule has 0 unspecified atom stereocenters. The Hall–Kier alpha value is -1.29. The van der Waals surface area contributed by atoms with Crippen molar-refractivity contribution in [3.05, 3.63) is 52.3 Å². The van der Waals surface area contributed by atoms with Gasteiger partial charge in [-0.2, -0.15) is 0 Å². The molecule has 1 aromatic heterocycles. The minimum Gasteiger partial charge on any atom is -0.456 e. The van der Waals surface area contributed by atoms with Gasteiger partial charge >= 0.3 is 0 Å². The zero-order valence-corrected chi connectivity index (χ0v) is 12.3. The van der Waals surface area contributed by atoms with Crippen molar-refractivity contribution in [3.63, 3.8) is 0 Å². The summed E-state index contributed by atoms with van der Waals surface area (Å²) in [7, 11) is 0. The van der Waals surface area contributed by atoms with E-state index >= 15 is 0 Å². The molecule has 1 heterocycles. The molecular formula is C15H14Cl2N2O. The average Bonchev–Trinajstić information content (AvgIpc) is 3.22. The molecule has 3 rings (SSSR count). The molecule has 1 fully saturated rings. The van der Waals surface area contributed by atoms with E-state index < -0.39 is 0 Å². The number of pyridine rings is 1. The van der Waals surface area contributed by atoms with Gasteiger partial charge in [-0.3, -0.25) is 4.98 Å². The van der Waals surface area contributed by atoms with Crippen LogP contribution in [0.1, 0.15) is 18.4 Å². The van der Waals surface area contributed by atoms with E-state index in [1.54, 1.807) is 18.5 Å². The van der Waals surface area contributed by atoms with Gasteiger partial charge < -0.3 is 10.1 Å². The molecule has 0 aliphatic heterocycles. The predicted octanol–water partition coefficient (Wildman–Crippen LogP) is 4.43. The van der Waals surface area contributed by atoms with Gasteiger partial charge in [-0.25, -0.2) is 0 Å². The van der Waals surface area contributed by atoms with Gasteiger partial charge in [-0.05, 0) is 30.5 Å². The number of halogens is 2. The molecule has 0 spiro atoms. The molecule has 20 heavy (non-hydrogen) atoms. The second-order valence-corrected chi connectivity index (χ2v) is 5.69. The Morgan fingerprint density at radius 3 is 2.70 bits per heavy atom. The van der Waals surface area contributed by atoms with Crippen molar-refractivity contribution in [1.29, 1.82) is 0 Å². The summed E-state index contributed by atoms with van der Waals surface area (Å²) in [4.78, 5) is 3.98. The van der Waals surface area contributed by atoms with E-state index in [9.17, 15) is 0 Å². The Labute approximate surface area is 127 Å². The van der Waals surface area contributed by atoms with E-state index in [1.165, 1.54) is 12.8 Å². The first-order valence-electron chi connectivity index (χ1n) is 6.51. The van der Waals surface area contributed by atoms with Gasteiger partial charge in [0.1, 0.15) is 11.5 Å². The lowest BCUT2D eigenvalue weighted by Crippen LogP contribution is -2.15. The summed E-state index contributed by atoms with van der Waals surface area (Å²) >= 11 is 12.1. The van der Waals surface area contributed by atoms with E-state index in [4.69, 9.17) is 27.9 Å². The number of nitrogens with one attached hydrogen (secondary N) is 1. The van der Waals surface area contributed by atoms with E-state index in [1.807, 2.05) is 18.2 Å². The quantitative estimate of drug-likeness (QED) is 0.887. The van der Waals surface area contributed by atoms with Crippen LogP contribution in [0.25, 0.3) is 0 Å². The zero-order valence-electron chi connectivity index (χ0n) is 10.8. The van der Waals surface area contributed by atoms with Crippen LogP contribution in [0.3, 0.4) is 0 Å². The molecule has 1 aromatic carbocycles. The Morgan fingerprint density at radius 1 is 1.15 bits per heavy atom.